The maximum Gasteiger partial charge on any atom is 0.192 e. The van der Waals surface area contributed by atoms with Gasteiger partial charge >= 0.3 is 0 Å². The fourth-order valence-corrected chi connectivity index (χ4v) is 5.74. The van der Waals surface area contributed by atoms with E-state index in [9.17, 15) is 0 Å². The van der Waals surface area contributed by atoms with Gasteiger partial charge in [0.15, 0.2) is 29.6 Å². The number of hydrogen-bond donors (Lipinski definition) is 0. The Morgan fingerprint density at radius 1 is 0.761 bits per heavy atom. The van der Waals surface area contributed by atoms with Crippen molar-refractivity contribution in [2.45, 2.75) is 20.1 Å². The minimum atomic E-state index is 0.0880. The summed E-state index contributed by atoms with van der Waals surface area (Å²) in [4.78, 5) is 15.7. The van der Waals surface area contributed by atoms with E-state index in [0.717, 1.165) is 39.0 Å². The predicted octanol–water partition coefficient (Wildman–Crippen LogP) is 7.42. The van der Waals surface area contributed by atoms with E-state index in [2.05, 4.69) is 82.5 Å². The summed E-state index contributed by atoms with van der Waals surface area (Å²) in [6.45, 7) is 2.61. The Balaban J connectivity index is 1.33. The molecule has 0 radical (unpaired) electrons. The molecule has 0 atom stereocenters. The second-order valence-corrected chi connectivity index (χ2v) is 10.8. The summed E-state index contributed by atoms with van der Waals surface area (Å²) in [7, 11) is 3.21. The van der Waals surface area contributed by atoms with Crippen LogP contribution >= 0.6 is 0 Å². The molecule has 0 N–H and O–H groups in total. The third kappa shape index (κ3) is 5.43. The van der Waals surface area contributed by atoms with Crippen molar-refractivity contribution in [2.75, 3.05) is 14.2 Å². The number of methoxy groups -OCH3 is 2. The standard InChI is InChI=1S/C37H32N6O3/c1-25(29-19-20-30(44-2)31(21-29)45-3)41-46-23-32-39-37-34-33(27-15-9-5-10-16-27)35(28-17-11-6-12-18-28)42(22-26-13-7-4-8-14-26)36(34)38-24-43(37)40-32/h4-21,24H,22-23H2,1-3H3. The summed E-state index contributed by atoms with van der Waals surface area (Å²) in [5.74, 6) is 1.77. The molecule has 9 nitrogen and oxygen atoms in total. The summed E-state index contributed by atoms with van der Waals surface area (Å²) in [5.41, 5.74) is 8.54. The number of hydrogen-bond acceptors (Lipinski definition) is 7. The number of aromatic nitrogens is 5. The molecule has 7 aromatic rings. The van der Waals surface area contributed by atoms with Crippen LogP contribution in [-0.2, 0) is 18.0 Å². The smallest absolute Gasteiger partial charge is 0.192 e. The Bertz CT molecular complexity index is 2160. The van der Waals surface area contributed by atoms with Crippen LogP contribution in [0.1, 0.15) is 23.9 Å². The van der Waals surface area contributed by atoms with E-state index in [4.69, 9.17) is 29.4 Å². The van der Waals surface area contributed by atoms with Gasteiger partial charge in [-0.1, -0.05) is 96.2 Å². The van der Waals surface area contributed by atoms with E-state index in [0.29, 0.717) is 35.2 Å². The lowest BCUT2D eigenvalue weighted by Gasteiger charge is -2.13. The first-order valence-corrected chi connectivity index (χ1v) is 14.9. The van der Waals surface area contributed by atoms with Crippen molar-refractivity contribution >= 4 is 22.4 Å². The zero-order valence-corrected chi connectivity index (χ0v) is 25.8. The third-order valence-corrected chi connectivity index (χ3v) is 7.91. The summed E-state index contributed by atoms with van der Waals surface area (Å²) in [6, 6.07) is 36.9. The summed E-state index contributed by atoms with van der Waals surface area (Å²) in [6.07, 6.45) is 1.72. The fraction of sp³-hybridized carbons (Fsp3) is 0.135. The van der Waals surface area contributed by atoms with Gasteiger partial charge in [0.1, 0.15) is 12.0 Å². The largest absolute Gasteiger partial charge is 0.493 e. The quantitative estimate of drug-likeness (QED) is 0.119. The Kier molecular flexibility index (Phi) is 7.87. The zero-order valence-electron chi connectivity index (χ0n) is 25.8. The molecule has 7 rings (SSSR count). The van der Waals surface area contributed by atoms with E-state index >= 15 is 0 Å². The lowest BCUT2D eigenvalue weighted by molar-refractivity contribution is 0.125. The Hall–Kier alpha value is -5.96. The molecule has 0 aliphatic heterocycles. The molecule has 3 heterocycles. The van der Waals surface area contributed by atoms with Crippen LogP contribution in [0.4, 0.5) is 0 Å². The normalized spacial score (nSPS) is 11.7. The minimum absolute atomic E-state index is 0.0880. The van der Waals surface area contributed by atoms with Crippen molar-refractivity contribution in [2.24, 2.45) is 5.16 Å². The fourth-order valence-electron chi connectivity index (χ4n) is 5.74. The molecule has 9 heteroatoms. The first kappa shape index (κ1) is 28.8. The van der Waals surface area contributed by atoms with Crippen LogP contribution in [0.25, 0.3) is 39.1 Å². The number of benzene rings is 4. The van der Waals surface area contributed by atoms with Gasteiger partial charge in [-0.25, -0.2) is 14.5 Å². The lowest BCUT2D eigenvalue weighted by Crippen LogP contribution is -2.03. The van der Waals surface area contributed by atoms with Crippen LogP contribution < -0.4 is 9.47 Å². The predicted molar refractivity (Wildman–Crippen MR) is 179 cm³/mol. The van der Waals surface area contributed by atoms with Crippen molar-refractivity contribution in [3.05, 3.63) is 132 Å². The highest BCUT2D eigenvalue weighted by Gasteiger charge is 2.25. The average molecular weight is 609 g/mol. The van der Waals surface area contributed by atoms with Gasteiger partial charge in [0, 0.05) is 17.7 Å². The van der Waals surface area contributed by atoms with Gasteiger partial charge in [-0.3, -0.25) is 0 Å². The Morgan fingerprint density at radius 3 is 2.13 bits per heavy atom. The van der Waals surface area contributed by atoms with Crippen molar-refractivity contribution in [1.82, 2.24) is 24.1 Å². The third-order valence-electron chi connectivity index (χ3n) is 7.91. The average Bonchev–Trinajstić information content (AvgIpc) is 3.68. The molecule has 3 aromatic heterocycles. The molecule has 0 aliphatic carbocycles. The van der Waals surface area contributed by atoms with Crippen LogP contribution in [-0.4, -0.2) is 44.1 Å². The topological polar surface area (TPSA) is 88.1 Å². The van der Waals surface area contributed by atoms with Gasteiger partial charge in [-0.15, -0.1) is 5.10 Å². The van der Waals surface area contributed by atoms with Crippen molar-refractivity contribution in [3.63, 3.8) is 0 Å². The van der Waals surface area contributed by atoms with Crippen LogP contribution in [0.3, 0.4) is 0 Å². The number of nitrogens with zero attached hydrogens (tertiary/aromatic N) is 6. The molecule has 0 spiro atoms. The zero-order chi connectivity index (χ0) is 31.5. The van der Waals surface area contributed by atoms with E-state index in [1.54, 1.807) is 25.1 Å². The summed E-state index contributed by atoms with van der Waals surface area (Å²) in [5, 5.41) is 9.97. The molecular weight excluding hydrogens is 576 g/mol. The molecule has 0 amide bonds. The first-order valence-electron chi connectivity index (χ1n) is 14.9. The number of oxime groups is 1. The highest BCUT2D eigenvalue weighted by Crippen LogP contribution is 2.42. The van der Waals surface area contributed by atoms with E-state index < -0.39 is 0 Å². The molecule has 0 saturated heterocycles. The molecule has 0 unspecified atom stereocenters. The lowest BCUT2D eigenvalue weighted by atomic mass is 9.99. The molecular formula is C37H32N6O3. The van der Waals surface area contributed by atoms with Gasteiger partial charge in [-0.05, 0) is 41.8 Å². The minimum Gasteiger partial charge on any atom is -0.493 e. The molecule has 46 heavy (non-hydrogen) atoms. The monoisotopic (exact) mass is 608 g/mol. The van der Waals surface area contributed by atoms with Gasteiger partial charge in [-0.2, -0.15) is 0 Å². The van der Waals surface area contributed by atoms with Crippen molar-refractivity contribution in [3.8, 4) is 33.9 Å². The van der Waals surface area contributed by atoms with Crippen LogP contribution in [0.2, 0.25) is 0 Å². The Morgan fingerprint density at radius 2 is 1.43 bits per heavy atom. The maximum atomic E-state index is 5.75. The SMILES string of the molecule is COc1ccc(C(C)=NOCc2nc3c4c(-c5ccccc5)c(-c5ccccc5)n(Cc5ccccc5)c4ncn3n2)cc1OC. The van der Waals surface area contributed by atoms with Crippen molar-refractivity contribution in [1.29, 1.82) is 0 Å². The van der Waals surface area contributed by atoms with Gasteiger partial charge in [0.2, 0.25) is 0 Å². The second kappa shape index (κ2) is 12.6. The second-order valence-electron chi connectivity index (χ2n) is 10.8. The molecule has 4 aromatic carbocycles. The maximum absolute atomic E-state index is 5.75. The molecule has 0 fully saturated rings. The first-order chi connectivity index (χ1) is 22.6. The molecule has 228 valence electrons. The van der Waals surface area contributed by atoms with Gasteiger partial charge in [0.05, 0.1) is 31.0 Å². The number of fused-ring (bicyclic) bond motifs is 3. The van der Waals surface area contributed by atoms with E-state index in [1.807, 2.05) is 43.3 Å². The van der Waals surface area contributed by atoms with E-state index in [1.165, 1.54) is 5.56 Å². The Labute approximate surface area is 266 Å². The molecule has 0 saturated carbocycles. The number of ether oxygens (including phenoxy) is 2. The molecule has 0 bridgehead atoms. The van der Waals surface area contributed by atoms with Crippen LogP contribution in [0.15, 0.2) is 121 Å². The van der Waals surface area contributed by atoms with Crippen LogP contribution in [0.5, 0.6) is 11.5 Å². The van der Waals surface area contributed by atoms with Gasteiger partial charge < -0.3 is 18.9 Å². The number of rotatable bonds is 10. The summed E-state index contributed by atoms with van der Waals surface area (Å²) < 4.78 is 14.8. The van der Waals surface area contributed by atoms with Crippen molar-refractivity contribution < 1.29 is 14.3 Å². The van der Waals surface area contributed by atoms with E-state index in [-0.39, 0.29) is 6.61 Å². The van der Waals surface area contributed by atoms with Gasteiger partial charge in [0.25, 0.3) is 0 Å². The highest BCUT2D eigenvalue weighted by atomic mass is 16.6. The summed E-state index contributed by atoms with van der Waals surface area (Å²) >= 11 is 0. The highest BCUT2D eigenvalue weighted by molar-refractivity contribution is 6.09. The molecule has 0 aliphatic rings. The van der Waals surface area contributed by atoms with Crippen LogP contribution in [0, 0.1) is 0 Å².